The number of fused-ring (bicyclic) bond motifs is 1. The number of carbonyl (C=O) groups is 2. The van der Waals surface area contributed by atoms with Gasteiger partial charge in [-0.15, -0.1) is 0 Å². The number of rotatable bonds is 3. The van der Waals surface area contributed by atoms with Crippen LogP contribution in [-0.2, 0) is 17.6 Å². The Hall–Kier alpha value is -2.03. The minimum Gasteiger partial charge on any atom is -0.329 e. The summed E-state index contributed by atoms with van der Waals surface area (Å²) in [5.41, 5.74) is 3.48. The molecule has 1 saturated heterocycles. The molecule has 24 heavy (non-hydrogen) atoms. The van der Waals surface area contributed by atoms with Crippen molar-refractivity contribution in [2.45, 2.75) is 25.7 Å². The average molecular weight is 346 g/mol. The van der Waals surface area contributed by atoms with Crippen molar-refractivity contribution in [1.82, 2.24) is 15.5 Å². The van der Waals surface area contributed by atoms with Gasteiger partial charge in [0, 0.05) is 18.5 Å². The Morgan fingerprint density at radius 1 is 1.21 bits per heavy atom. The molecule has 0 saturated carbocycles. The van der Waals surface area contributed by atoms with Crippen LogP contribution >= 0.6 is 11.6 Å². The number of carbonyl (C=O) groups excluding carboxylic acids is 2. The molecule has 0 unspecified atom stereocenters. The van der Waals surface area contributed by atoms with Gasteiger partial charge in [-0.2, -0.15) is 0 Å². The zero-order valence-electron chi connectivity index (χ0n) is 13.5. The van der Waals surface area contributed by atoms with Crippen molar-refractivity contribution >= 4 is 23.5 Å². The summed E-state index contributed by atoms with van der Waals surface area (Å²) in [6.07, 6.45) is 3.21. The third kappa shape index (κ3) is 3.72. The highest BCUT2D eigenvalue weighted by Gasteiger charge is 2.27. The Balaban J connectivity index is 1.63. The number of hydrogen-bond donors (Lipinski definition) is 2. The minimum atomic E-state index is -0.308. The summed E-state index contributed by atoms with van der Waals surface area (Å²) in [7, 11) is 0. The fourth-order valence-electron chi connectivity index (χ4n) is 3.04. The lowest BCUT2D eigenvalue weighted by atomic mass is 9.97. The van der Waals surface area contributed by atoms with Crippen LogP contribution in [0, 0.1) is 11.8 Å². The van der Waals surface area contributed by atoms with Crippen molar-refractivity contribution in [2.75, 3.05) is 26.2 Å². The molecule has 0 bridgehead atoms. The maximum atomic E-state index is 11.5. The van der Waals surface area contributed by atoms with E-state index in [2.05, 4.69) is 28.5 Å². The number of unbranched alkanes of at least 4 members (excludes halogenated alkanes) is 1. The third-order valence-electron chi connectivity index (χ3n) is 4.32. The first kappa shape index (κ1) is 16.8. The molecular weight excluding hydrogens is 326 g/mol. The van der Waals surface area contributed by atoms with E-state index in [1.807, 2.05) is 6.07 Å². The number of benzene rings is 1. The number of nitrogens with zero attached hydrogens (tertiary/aromatic N) is 1. The number of amides is 3. The Bertz CT molecular complexity index is 705. The molecule has 0 atom stereocenters. The maximum Gasteiger partial charge on any atom is 0.324 e. The first-order valence-electron chi connectivity index (χ1n) is 8.25. The Labute approximate surface area is 146 Å². The Morgan fingerprint density at radius 2 is 2.04 bits per heavy atom. The molecular formula is C18H20ClN3O2. The van der Waals surface area contributed by atoms with E-state index in [1.165, 1.54) is 16.0 Å². The van der Waals surface area contributed by atoms with E-state index in [4.69, 9.17) is 11.6 Å². The van der Waals surface area contributed by atoms with Crippen molar-refractivity contribution in [3.05, 3.63) is 33.8 Å². The van der Waals surface area contributed by atoms with Gasteiger partial charge >= 0.3 is 6.03 Å². The summed E-state index contributed by atoms with van der Waals surface area (Å²) >= 11 is 6.34. The van der Waals surface area contributed by atoms with Crippen LogP contribution in [0.1, 0.15) is 29.5 Å². The van der Waals surface area contributed by atoms with Gasteiger partial charge in [-0.05, 0) is 49.5 Å². The van der Waals surface area contributed by atoms with E-state index < -0.39 is 0 Å². The van der Waals surface area contributed by atoms with Crippen molar-refractivity contribution in [3.8, 4) is 11.8 Å². The second-order valence-electron chi connectivity index (χ2n) is 5.92. The van der Waals surface area contributed by atoms with E-state index >= 15 is 0 Å². The van der Waals surface area contributed by atoms with Crippen LogP contribution in [0.5, 0.6) is 0 Å². The van der Waals surface area contributed by atoms with Gasteiger partial charge in [-0.25, -0.2) is 4.79 Å². The molecule has 6 heteroatoms. The van der Waals surface area contributed by atoms with Crippen molar-refractivity contribution in [1.29, 1.82) is 0 Å². The quantitative estimate of drug-likeness (QED) is 0.498. The van der Waals surface area contributed by atoms with Crippen LogP contribution in [0.3, 0.4) is 0 Å². The summed E-state index contributed by atoms with van der Waals surface area (Å²) in [5.74, 6) is 6.18. The molecule has 1 aromatic carbocycles. The van der Waals surface area contributed by atoms with Gasteiger partial charge < -0.3 is 10.6 Å². The highest BCUT2D eigenvalue weighted by molar-refractivity contribution is 6.31. The molecule has 0 aromatic heterocycles. The molecule has 0 spiro atoms. The molecule has 1 aromatic rings. The molecule has 126 valence electrons. The van der Waals surface area contributed by atoms with Gasteiger partial charge in [0.05, 0.1) is 11.6 Å². The van der Waals surface area contributed by atoms with Crippen LogP contribution in [0.25, 0.3) is 0 Å². The molecule has 1 fully saturated rings. The zero-order valence-corrected chi connectivity index (χ0v) is 14.2. The second-order valence-corrected chi connectivity index (χ2v) is 6.33. The van der Waals surface area contributed by atoms with Gasteiger partial charge in [0.1, 0.15) is 0 Å². The molecule has 2 aliphatic heterocycles. The molecule has 0 radical (unpaired) electrons. The first-order valence-corrected chi connectivity index (χ1v) is 8.62. The van der Waals surface area contributed by atoms with Gasteiger partial charge in [0.25, 0.3) is 0 Å². The second kappa shape index (κ2) is 7.69. The van der Waals surface area contributed by atoms with Crippen molar-refractivity contribution in [2.24, 2.45) is 0 Å². The number of imide groups is 1. The van der Waals surface area contributed by atoms with Crippen LogP contribution in [0.15, 0.2) is 12.1 Å². The highest BCUT2D eigenvalue weighted by atomic mass is 35.5. The highest BCUT2D eigenvalue weighted by Crippen LogP contribution is 2.25. The van der Waals surface area contributed by atoms with Crippen LogP contribution in [0.4, 0.5) is 4.79 Å². The normalized spacial score (nSPS) is 17.0. The molecule has 2 heterocycles. The smallest absolute Gasteiger partial charge is 0.324 e. The van der Waals surface area contributed by atoms with Gasteiger partial charge in [-0.1, -0.05) is 29.5 Å². The van der Waals surface area contributed by atoms with E-state index in [0.29, 0.717) is 24.4 Å². The molecule has 2 N–H and O–H groups in total. The first-order chi connectivity index (χ1) is 11.7. The SMILES string of the molecule is O=C1CNC(=O)N1CCCC#Cc1c(Cl)ccc2c1CCNCC2. The molecule has 3 amide bonds. The fourth-order valence-corrected chi connectivity index (χ4v) is 3.26. The number of halogens is 1. The summed E-state index contributed by atoms with van der Waals surface area (Å²) in [4.78, 5) is 24.2. The van der Waals surface area contributed by atoms with E-state index in [9.17, 15) is 9.59 Å². The number of hydrogen-bond acceptors (Lipinski definition) is 3. The van der Waals surface area contributed by atoms with Gasteiger partial charge in [0.15, 0.2) is 0 Å². The monoisotopic (exact) mass is 345 g/mol. The molecule has 5 nitrogen and oxygen atoms in total. The lowest BCUT2D eigenvalue weighted by Gasteiger charge is -2.10. The third-order valence-corrected chi connectivity index (χ3v) is 4.63. The average Bonchev–Trinajstić information content (AvgIpc) is 2.78. The maximum absolute atomic E-state index is 11.5. The lowest BCUT2D eigenvalue weighted by Crippen LogP contribution is -2.31. The summed E-state index contributed by atoms with van der Waals surface area (Å²) in [6, 6.07) is 3.70. The topological polar surface area (TPSA) is 61.4 Å². The predicted octanol–water partition coefficient (Wildman–Crippen LogP) is 1.71. The standard InChI is InChI=1S/C18H20ClN3O2/c19-16-6-5-13-7-9-20-10-8-14(13)15(16)4-2-1-3-11-22-17(23)12-21-18(22)24/h5-6,20H,1,3,7-12H2,(H,21,24). The van der Waals surface area contributed by atoms with Crippen molar-refractivity contribution < 1.29 is 9.59 Å². The number of nitrogens with one attached hydrogen (secondary N) is 2. The predicted molar refractivity (Wildman–Crippen MR) is 93.0 cm³/mol. The largest absolute Gasteiger partial charge is 0.329 e. The summed E-state index contributed by atoms with van der Waals surface area (Å²) in [5, 5.41) is 6.59. The summed E-state index contributed by atoms with van der Waals surface area (Å²) in [6.45, 7) is 2.43. The van der Waals surface area contributed by atoms with Crippen LogP contribution in [-0.4, -0.2) is 43.0 Å². The van der Waals surface area contributed by atoms with E-state index in [1.54, 1.807) is 0 Å². The van der Waals surface area contributed by atoms with E-state index in [-0.39, 0.29) is 18.5 Å². The molecule has 3 rings (SSSR count). The van der Waals surface area contributed by atoms with Crippen LogP contribution < -0.4 is 10.6 Å². The lowest BCUT2D eigenvalue weighted by molar-refractivity contribution is -0.125. The summed E-state index contributed by atoms with van der Waals surface area (Å²) < 4.78 is 0. The minimum absolute atomic E-state index is 0.101. The van der Waals surface area contributed by atoms with Crippen LogP contribution in [0.2, 0.25) is 5.02 Å². The zero-order chi connectivity index (χ0) is 16.9. The fraction of sp³-hybridized carbons (Fsp3) is 0.444. The van der Waals surface area contributed by atoms with E-state index in [0.717, 1.165) is 31.5 Å². The van der Waals surface area contributed by atoms with Gasteiger partial charge in [-0.3, -0.25) is 9.69 Å². The van der Waals surface area contributed by atoms with Crippen molar-refractivity contribution in [3.63, 3.8) is 0 Å². The Kier molecular flexibility index (Phi) is 5.39. The van der Waals surface area contributed by atoms with Gasteiger partial charge in [0.2, 0.25) is 5.91 Å². The number of urea groups is 1. The molecule has 2 aliphatic rings. The molecule has 0 aliphatic carbocycles. The Morgan fingerprint density at radius 3 is 2.83 bits per heavy atom.